The van der Waals surface area contributed by atoms with Crippen molar-refractivity contribution in [3.05, 3.63) is 60.3 Å². The number of benzene rings is 1. The summed E-state index contributed by atoms with van der Waals surface area (Å²) in [7, 11) is 0. The highest BCUT2D eigenvalue weighted by Gasteiger charge is 1.97. The van der Waals surface area contributed by atoms with Gasteiger partial charge in [-0.1, -0.05) is 18.2 Å². The van der Waals surface area contributed by atoms with Crippen LogP contribution >= 0.6 is 0 Å². The van der Waals surface area contributed by atoms with E-state index >= 15 is 0 Å². The number of nitrogens with two attached hydrogens (primary N) is 1. The van der Waals surface area contributed by atoms with E-state index in [0.29, 0.717) is 5.88 Å². The number of aromatic nitrogens is 1. The molecule has 90 valence electrons. The Hall–Kier alpha value is -2.62. The molecule has 2 N–H and O–H groups in total. The molecular formula is C14H12N2O2. The number of amides is 1. The number of carbonyl (C=O) groups excluding carboxylic acids is 1. The fraction of sp³-hybridized carbons (Fsp3) is 0. The van der Waals surface area contributed by atoms with E-state index < -0.39 is 5.91 Å². The van der Waals surface area contributed by atoms with Crippen LogP contribution in [0, 0.1) is 0 Å². The predicted molar refractivity (Wildman–Crippen MR) is 69.0 cm³/mol. The first kappa shape index (κ1) is 11.9. The maximum absolute atomic E-state index is 10.6. The molecule has 18 heavy (non-hydrogen) atoms. The molecule has 0 saturated heterocycles. The van der Waals surface area contributed by atoms with E-state index in [-0.39, 0.29) is 0 Å². The van der Waals surface area contributed by atoms with Crippen LogP contribution in [0.1, 0.15) is 5.56 Å². The zero-order chi connectivity index (χ0) is 12.8. The Morgan fingerprint density at radius 2 is 1.94 bits per heavy atom. The zero-order valence-corrected chi connectivity index (χ0v) is 9.61. The number of rotatable bonds is 4. The number of nitrogens with zero attached hydrogens (tertiary/aromatic N) is 1. The third-order valence-corrected chi connectivity index (χ3v) is 2.16. The molecule has 0 saturated carbocycles. The van der Waals surface area contributed by atoms with E-state index in [0.717, 1.165) is 11.3 Å². The molecule has 1 aromatic carbocycles. The standard InChI is InChI=1S/C14H12N2O2/c15-13(17)8-6-11-7-9-14(16-10-11)18-12-4-2-1-3-5-12/h1-10H,(H2,15,17)/b8-6-. The Labute approximate surface area is 105 Å². The second-order valence-electron chi connectivity index (χ2n) is 3.58. The summed E-state index contributed by atoms with van der Waals surface area (Å²) < 4.78 is 5.53. The van der Waals surface area contributed by atoms with Crippen molar-refractivity contribution in [2.75, 3.05) is 0 Å². The van der Waals surface area contributed by atoms with Crippen LogP contribution in [0.3, 0.4) is 0 Å². The first-order valence-electron chi connectivity index (χ1n) is 5.40. The van der Waals surface area contributed by atoms with Gasteiger partial charge in [-0.3, -0.25) is 4.79 Å². The van der Waals surface area contributed by atoms with Crippen LogP contribution < -0.4 is 10.5 Å². The lowest BCUT2D eigenvalue weighted by Crippen LogP contribution is -2.05. The van der Waals surface area contributed by atoms with E-state index in [2.05, 4.69) is 4.98 Å². The van der Waals surface area contributed by atoms with E-state index in [9.17, 15) is 4.79 Å². The fourth-order valence-electron chi connectivity index (χ4n) is 1.34. The van der Waals surface area contributed by atoms with Crippen molar-refractivity contribution in [2.45, 2.75) is 0 Å². The van der Waals surface area contributed by atoms with Gasteiger partial charge in [-0.15, -0.1) is 0 Å². The summed E-state index contributed by atoms with van der Waals surface area (Å²) in [5.41, 5.74) is 5.79. The average molecular weight is 240 g/mol. The molecule has 0 radical (unpaired) electrons. The molecule has 2 rings (SSSR count). The summed E-state index contributed by atoms with van der Waals surface area (Å²) in [6, 6.07) is 12.9. The molecule has 0 spiro atoms. The van der Waals surface area contributed by atoms with Crippen LogP contribution in [-0.2, 0) is 4.79 Å². The van der Waals surface area contributed by atoms with Crippen molar-refractivity contribution < 1.29 is 9.53 Å². The number of ether oxygens (including phenoxy) is 1. The number of primary amides is 1. The number of carbonyl (C=O) groups is 1. The monoisotopic (exact) mass is 240 g/mol. The van der Waals surface area contributed by atoms with Gasteiger partial charge in [-0.05, 0) is 29.8 Å². The van der Waals surface area contributed by atoms with Crippen molar-refractivity contribution >= 4 is 12.0 Å². The molecule has 4 heteroatoms. The second-order valence-corrected chi connectivity index (χ2v) is 3.58. The van der Waals surface area contributed by atoms with Gasteiger partial charge in [0.25, 0.3) is 0 Å². The molecule has 1 heterocycles. The smallest absolute Gasteiger partial charge is 0.241 e. The lowest BCUT2D eigenvalue weighted by atomic mass is 10.2. The summed E-state index contributed by atoms with van der Waals surface area (Å²) in [6.45, 7) is 0. The largest absolute Gasteiger partial charge is 0.439 e. The van der Waals surface area contributed by atoms with E-state index in [1.807, 2.05) is 30.3 Å². The van der Waals surface area contributed by atoms with Gasteiger partial charge >= 0.3 is 0 Å². The average Bonchev–Trinajstić information content (AvgIpc) is 2.39. The van der Waals surface area contributed by atoms with Crippen LogP contribution in [-0.4, -0.2) is 10.9 Å². The molecule has 0 aliphatic heterocycles. The molecule has 0 aliphatic carbocycles. The van der Waals surface area contributed by atoms with Gasteiger partial charge in [0.15, 0.2) is 0 Å². The predicted octanol–water partition coefficient (Wildman–Crippen LogP) is 2.37. The minimum atomic E-state index is -0.486. The minimum Gasteiger partial charge on any atom is -0.439 e. The Morgan fingerprint density at radius 1 is 1.17 bits per heavy atom. The third kappa shape index (κ3) is 3.45. The highest BCUT2D eigenvalue weighted by Crippen LogP contribution is 2.18. The van der Waals surface area contributed by atoms with Gasteiger partial charge in [-0.2, -0.15) is 0 Å². The van der Waals surface area contributed by atoms with Crippen LogP contribution in [0.25, 0.3) is 6.08 Å². The van der Waals surface area contributed by atoms with Crippen molar-refractivity contribution in [1.82, 2.24) is 4.98 Å². The SMILES string of the molecule is NC(=O)/C=C\c1ccc(Oc2ccccc2)nc1. The van der Waals surface area contributed by atoms with Gasteiger partial charge in [0.05, 0.1) is 0 Å². The van der Waals surface area contributed by atoms with Crippen molar-refractivity contribution in [1.29, 1.82) is 0 Å². The fourth-order valence-corrected chi connectivity index (χ4v) is 1.34. The van der Waals surface area contributed by atoms with Crippen LogP contribution in [0.5, 0.6) is 11.6 Å². The maximum Gasteiger partial charge on any atom is 0.241 e. The molecule has 4 nitrogen and oxygen atoms in total. The summed E-state index contributed by atoms with van der Waals surface area (Å²) in [5, 5.41) is 0. The lowest BCUT2D eigenvalue weighted by Gasteiger charge is -2.03. The quantitative estimate of drug-likeness (QED) is 0.834. The van der Waals surface area contributed by atoms with Gasteiger partial charge in [-0.25, -0.2) is 4.98 Å². The number of para-hydroxylation sites is 1. The summed E-state index contributed by atoms with van der Waals surface area (Å²) >= 11 is 0. The third-order valence-electron chi connectivity index (χ3n) is 2.16. The molecule has 1 aromatic heterocycles. The molecule has 0 aliphatic rings. The van der Waals surface area contributed by atoms with Crippen LogP contribution in [0.4, 0.5) is 0 Å². The number of hydrogen-bond acceptors (Lipinski definition) is 3. The maximum atomic E-state index is 10.6. The van der Waals surface area contributed by atoms with E-state index in [1.165, 1.54) is 6.08 Å². The van der Waals surface area contributed by atoms with Gasteiger partial charge in [0.1, 0.15) is 5.75 Å². The van der Waals surface area contributed by atoms with Gasteiger partial charge in [0.2, 0.25) is 11.8 Å². The molecular weight excluding hydrogens is 228 g/mol. The van der Waals surface area contributed by atoms with Crippen LogP contribution in [0.15, 0.2) is 54.7 Å². The van der Waals surface area contributed by atoms with Crippen LogP contribution in [0.2, 0.25) is 0 Å². The number of hydrogen-bond donors (Lipinski definition) is 1. The second kappa shape index (κ2) is 5.63. The Kier molecular flexibility index (Phi) is 3.71. The zero-order valence-electron chi connectivity index (χ0n) is 9.61. The van der Waals surface area contributed by atoms with Gasteiger partial charge < -0.3 is 10.5 Å². The summed E-state index contributed by atoms with van der Waals surface area (Å²) in [5.74, 6) is 0.738. The van der Waals surface area contributed by atoms with Crippen molar-refractivity contribution in [3.8, 4) is 11.6 Å². The molecule has 0 atom stereocenters. The van der Waals surface area contributed by atoms with Gasteiger partial charge in [0, 0.05) is 18.3 Å². The Morgan fingerprint density at radius 3 is 2.56 bits per heavy atom. The van der Waals surface area contributed by atoms with Crippen molar-refractivity contribution in [2.24, 2.45) is 5.73 Å². The first-order valence-corrected chi connectivity index (χ1v) is 5.40. The first-order chi connectivity index (χ1) is 8.74. The molecule has 0 fully saturated rings. The van der Waals surface area contributed by atoms with E-state index in [1.54, 1.807) is 24.4 Å². The highest BCUT2D eigenvalue weighted by molar-refractivity contribution is 5.90. The molecule has 1 amide bonds. The van der Waals surface area contributed by atoms with Crippen molar-refractivity contribution in [3.63, 3.8) is 0 Å². The minimum absolute atomic E-state index is 0.486. The lowest BCUT2D eigenvalue weighted by molar-refractivity contribution is -0.113. The molecule has 2 aromatic rings. The van der Waals surface area contributed by atoms with E-state index in [4.69, 9.17) is 10.5 Å². The Balaban J connectivity index is 2.06. The highest BCUT2D eigenvalue weighted by atomic mass is 16.5. The topological polar surface area (TPSA) is 65.2 Å². The molecule has 0 bridgehead atoms. The number of pyridine rings is 1. The Bertz CT molecular complexity index is 548. The summed E-state index contributed by atoms with van der Waals surface area (Å²) in [6.07, 6.45) is 4.49. The normalized spacial score (nSPS) is 10.4. The molecule has 0 unspecified atom stereocenters. The summed E-state index contributed by atoms with van der Waals surface area (Å²) in [4.78, 5) is 14.7.